The molecule has 1 aliphatic rings. The van der Waals surface area contributed by atoms with Gasteiger partial charge in [0.15, 0.2) is 11.5 Å². The van der Waals surface area contributed by atoms with Gasteiger partial charge < -0.3 is 14.8 Å². The molecule has 1 amide bonds. The average molecular weight is 418 g/mol. The van der Waals surface area contributed by atoms with Crippen LogP contribution in [0.15, 0.2) is 36.4 Å². The Morgan fingerprint density at radius 1 is 1.19 bits per heavy atom. The molecule has 0 fully saturated rings. The van der Waals surface area contributed by atoms with E-state index in [1.165, 1.54) is 30.0 Å². The quantitative estimate of drug-likeness (QED) is 0.743. The number of ether oxygens (including phenoxy) is 2. The Morgan fingerprint density at radius 3 is 2.70 bits per heavy atom. The lowest BCUT2D eigenvalue weighted by Gasteiger charge is -2.20. The molecule has 0 aliphatic carbocycles. The monoisotopic (exact) mass is 417 g/mol. The van der Waals surface area contributed by atoms with Gasteiger partial charge in [0.1, 0.15) is 13.2 Å². The lowest BCUT2D eigenvalue weighted by atomic mass is 10.1. The molecule has 2 aromatic carbocycles. The highest BCUT2D eigenvalue weighted by Gasteiger charge is 2.33. The second kappa shape index (κ2) is 8.31. The van der Waals surface area contributed by atoms with Crippen molar-refractivity contribution in [2.24, 2.45) is 0 Å². The zero-order chi connectivity index (χ0) is 19.4. The molecule has 1 N–H and O–H groups in total. The third-order valence-electron chi connectivity index (χ3n) is 3.67. The number of para-hydroxylation sites is 1. The zero-order valence-corrected chi connectivity index (χ0v) is 15.5. The van der Waals surface area contributed by atoms with Gasteiger partial charge in [-0.05, 0) is 29.8 Å². The maximum Gasteiger partial charge on any atom is 0.418 e. The summed E-state index contributed by atoms with van der Waals surface area (Å²) >= 11 is 7.41. The van der Waals surface area contributed by atoms with E-state index >= 15 is 0 Å². The van der Waals surface area contributed by atoms with Crippen LogP contribution in [0.2, 0.25) is 5.02 Å². The highest BCUT2D eigenvalue weighted by atomic mass is 35.5. The number of alkyl halides is 3. The van der Waals surface area contributed by atoms with Gasteiger partial charge in [0.05, 0.1) is 22.0 Å². The molecule has 0 aromatic heterocycles. The van der Waals surface area contributed by atoms with Gasteiger partial charge in [0.2, 0.25) is 5.91 Å². The molecule has 1 heterocycles. The standard InChI is InChI=1S/C18H15ClF3NO3S/c19-13-7-11(8-15-17(13)26-6-5-25-15)9-27-10-16(24)23-14-4-2-1-3-12(14)18(20,21)22/h1-4,7-8H,5-6,9-10H2,(H,23,24). The molecule has 0 radical (unpaired) electrons. The Kier molecular flexibility index (Phi) is 6.06. The summed E-state index contributed by atoms with van der Waals surface area (Å²) in [6, 6.07) is 8.38. The summed E-state index contributed by atoms with van der Waals surface area (Å²) in [6.45, 7) is 0.862. The molecule has 0 spiro atoms. The van der Waals surface area contributed by atoms with Crippen molar-refractivity contribution in [2.45, 2.75) is 11.9 Å². The van der Waals surface area contributed by atoms with Gasteiger partial charge in [-0.15, -0.1) is 11.8 Å². The van der Waals surface area contributed by atoms with Crippen molar-refractivity contribution < 1.29 is 27.4 Å². The van der Waals surface area contributed by atoms with Gasteiger partial charge >= 0.3 is 6.18 Å². The number of hydrogen-bond donors (Lipinski definition) is 1. The number of amides is 1. The van der Waals surface area contributed by atoms with Crippen molar-refractivity contribution >= 4 is 35.0 Å². The first-order valence-corrected chi connectivity index (χ1v) is 9.49. The lowest BCUT2D eigenvalue weighted by Crippen LogP contribution is -2.18. The second-order valence-electron chi connectivity index (χ2n) is 5.69. The van der Waals surface area contributed by atoms with Crippen LogP contribution in [0.25, 0.3) is 0 Å². The van der Waals surface area contributed by atoms with E-state index < -0.39 is 17.6 Å². The Labute approximate surface area is 163 Å². The SMILES string of the molecule is O=C(CSCc1cc(Cl)c2c(c1)OCCO2)Nc1ccccc1C(F)(F)F. The van der Waals surface area contributed by atoms with E-state index in [2.05, 4.69) is 5.32 Å². The fourth-order valence-electron chi connectivity index (χ4n) is 2.53. The molecular weight excluding hydrogens is 403 g/mol. The van der Waals surface area contributed by atoms with Gasteiger partial charge in [0, 0.05) is 5.75 Å². The van der Waals surface area contributed by atoms with Crippen molar-refractivity contribution in [3.63, 3.8) is 0 Å². The Balaban J connectivity index is 1.57. The van der Waals surface area contributed by atoms with Crippen molar-refractivity contribution in [3.05, 3.63) is 52.5 Å². The molecule has 144 valence electrons. The number of carbonyl (C=O) groups is 1. The van der Waals surface area contributed by atoms with E-state index in [-0.39, 0.29) is 11.4 Å². The zero-order valence-electron chi connectivity index (χ0n) is 13.9. The molecule has 0 saturated carbocycles. The molecule has 3 rings (SSSR count). The van der Waals surface area contributed by atoms with Crippen molar-refractivity contribution in [3.8, 4) is 11.5 Å². The van der Waals surface area contributed by atoms with Crippen LogP contribution in [0.1, 0.15) is 11.1 Å². The van der Waals surface area contributed by atoms with E-state index in [1.807, 2.05) is 0 Å². The van der Waals surface area contributed by atoms with Crippen molar-refractivity contribution in [1.82, 2.24) is 0 Å². The molecule has 9 heteroatoms. The Bertz CT molecular complexity index is 845. The number of rotatable bonds is 5. The third kappa shape index (κ3) is 5.01. The lowest BCUT2D eigenvalue weighted by molar-refractivity contribution is -0.137. The number of hydrogen-bond acceptors (Lipinski definition) is 4. The van der Waals surface area contributed by atoms with Crippen LogP contribution in [-0.2, 0) is 16.7 Å². The van der Waals surface area contributed by atoms with Gasteiger partial charge in [-0.25, -0.2) is 0 Å². The van der Waals surface area contributed by atoms with Crippen LogP contribution in [0, 0.1) is 0 Å². The van der Waals surface area contributed by atoms with Gasteiger partial charge in [-0.2, -0.15) is 13.2 Å². The van der Waals surface area contributed by atoms with E-state index in [4.69, 9.17) is 21.1 Å². The number of anilines is 1. The number of thioether (sulfide) groups is 1. The van der Waals surface area contributed by atoms with E-state index in [1.54, 1.807) is 12.1 Å². The number of nitrogens with one attached hydrogen (secondary N) is 1. The summed E-state index contributed by atoms with van der Waals surface area (Å²) in [6.07, 6.45) is -4.53. The van der Waals surface area contributed by atoms with E-state index in [9.17, 15) is 18.0 Å². The summed E-state index contributed by atoms with van der Waals surface area (Å²) in [4.78, 5) is 12.0. The van der Waals surface area contributed by atoms with Gasteiger partial charge in [-0.3, -0.25) is 4.79 Å². The summed E-state index contributed by atoms with van der Waals surface area (Å²) in [7, 11) is 0. The fourth-order valence-corrected chi connectivity index (χ4v) is 3.58. The van der Waals surface area contributed by atoms with Crippen molar-refractivity contribution in [1.29, 1.82) is 0 Å². The Hall–Kier alpha value is -2.06. The number of fused-ring (bicyclic) bond motifs is 1. The largest absolute Gasteiger partial charge is 0.486 e. The predicted molar refractivity (Wildman–Crippen MR) is 98.7 cm³/mol. The van der Waals surface area contributed by atoms with Crippen LogP contribution >= 0.6 is 23.4 Å². The highest BCUT2D eigenvalue weighted by Crippen LogP contribution is 2.39. The topological polar surface area (TPSA) is 47.6 Å². The van der Waals surface area contributed by atoms with Crippen LogP contribution < -0.4 is 14.8 Å². The highest BCUT2D eigenvalue weighted by molar-refractivity contribution is 7.99. The first-order chi connectivity index (χ1) is 12.8. The van der Waals surface area contributed by atoms with Crippen LogP contribution in [0.3, 0.4) is 0 Å². The normalized spacial score (nSPS) is 13.3. The molecule has 1 aliphatic heterocycles. The second-order valence-corrected chi connectivity index (χ2v) is 7.08. The summed E-state index contributed by atoms with van der Waals surface area (Å²) in [5.41, 5.74) is -0.294. The molecular formula is C18H15ClF3NO3S. The first-order valence-electron chi connectivity index (χ1n) is 7.96. The summed E-state index contributed by atoms with van der Waals surface area (Å²) < 4.78 is 49.8. The maximum absolute atomic E-state index is 13.0. The van der Waals surface area contributed by atoms with E-state index in [0.29, 0.717) is 35.5 Å². The number of carbonyl (C=O) groups excluding carboxylic acids is 1. The van der Waals surface area contributed by atoms with Crippen molar-refractivity contribution in [2.75, 3.05) is 24.3 Å². The minimum Gasteiger partial charge on any atom is -0.486 e. The minimum absolute atomic E-state index is 0.00173. The molecule has 0 saturated heterocycles. The molecule has 0 unspecified atom stereocenters. The predicted octanol–water partition coefficient (Wildman–Crippen LogP) is 5.00. The van der Waals surface area contributed by atoms with Crippen LogP contribution in [0.4, 0.5) is 18.9 Å². The van der Waals surface area contributed by atoms with Gasteiger partial charge in [-0.1, -0.05) is 23.7 Å². The molecule has 27 heavy (non-hydrogen) atoms. The minimum atomic E-state index is -4.53. The third-order valence-corrected chi connectivity index (χ3v) is 4.95. The Morgan fingerprint density at radius 2 is 1.93 bits per heavy atom. The fraction of sp³-hybridized carbons (Fsp3) is 0.278. The summed E-state index contributed by atoms with van der Waals surface area (Å²) in [5, 5.41) is 2.74. The van der Waals surface area contributed by atoms with Gasteiger partial charge in [0.25, 0.3) is 0 Å². The first kappa shape index (κ1) is 19.7. The van der Waals surface area contributed by atoms with Crippen LogP contribution in [0.5, 0.6) is 11.5 Å². The smallest absolute Gasteiger partial charge is 0.418 e. The maximum atomic E-state index is 13.0. The summed E-state index contributed by atoms with van der Waals surface area (Å²) in [5.74, 6) is 0.981. The molecule has 4 nitrogen and oxygen atoms in total. The van der Waals surface area contributed by atoms with E-state index in [0.717, 1.165) is 11.6 Å². The number of halogens is 4. The molecule has 2 aromatic rings. The van der Waals surface area contributed by atoms with Crippen LogP contribution in [-0.4, -0.2) is 24.9 Å². The molecule has 0 atom stereocenters. The average Bonchev–Trinajstić information content (AvgIpc) is 2.61. The number of benzene rings is 2. The molecule has 0 bridgehead atoms.